The summed E-state index contributed by atoms with van der Waals surface area (Å²) in [6.45, 7) is 7.67. The molecule has 0 saturated heterocycles. The molecule has 0 aliphatic carbocycles. The number of halogens is 1. The summed E-state index contributed by atoms with van der Waals surface area (Å²) in [5.74, 6) is -0.386. The molecule has 0 fully saturated rings. The second kappa shape index (κ2) is 7.53. The summed E-state index contributed by atoms with van der Waals surface area (Å²) in [6, 6.07) is 5.73. The maximum Gasteiger partial charge on any atom is 0.407 e. The number of hydrogen-bond donors (Lipinski definition) is 1. The number of benzene rings is 1. The lowest BCUT2D eigenvalue weighted by molar-refractivity contribution is 0.0505. The van der Waals surface area contributed by atoms with Gasteiger partial charge in [-0.15, -0.1) is 11.3 Å². The number of alkyl carbamates (subject to hydrolysis) is 1. The number of thiophene rings is 1. The van der Waals surface area contributed by atoms with Crippen molar-refractivity contribution in [3.05, 3.63) is 33.1 Å². The minimum Gasteiger partial charge on any atom is -0.462 e. The molecule has 1 aromatic carbocycles. The monoisotopic (exact) mass is 413 g/mol. The van der Waals surface area contributed by atoms with Crippen LogP contribution in [0.1, 0.15) is 42.9 Å². The minimum absolute atomic E-state index is 0.208. The lowest BCUT2D eigenvalue weighted by Gasteiger charge is -2.19. The normalized spacial score (nSPS) is 11.4. The van der Waals surface area contributed by atoms with E-state index in [2.05, 4.69) is 21.2 Å². The first-order chi connectivity index (χ1) is 11.2. The number of hydrogen-bond acceptors (Lipinski definition) is 5. The number of rotatable bonds is 4. The van der Waals surface area contributed by atoms with Crippen LogP contribution >= 0.6 is 27.3 Å². The molecule has 1 amide bonds. The molecule has 0 spiro atoms. The molecular formula is C17H20BrNO4S. The van der Waals surface area contributed by atoms with E-state index in [0.717, 1.165) is 19.4 Å². The van der Waals surface area contributed by atoms with E-state index in [1.54, 1.807) is 27.7 Å². The summed E-state index contributed by atoms with van der Waals surface area (Å²) >= 11 is 4.88. The van der Waals surface area contributed by atoms with Crippen molar-refractivity contribution in [1.29, 1.82) is 0 Å². The fourth-order valence-electron chi connectivity index (χ4n) is 2.14. The first-order valence-corrected chi connectivity index (χ1v) is 9.17. The predicted molar refractivity (Wildman–Crippen MR) is 98.6 cm³/mol. The second-order valence-electron chi connectivity index (χ2n) is 6.12. The topological polar surface area (TPSA) is 64.6 Å². The smallest absolute Gasteiger partial charge is 0.407 e. The van der Waals surface area contributed by atoms with E-state index in [1.807, 2.05) is 18.2 Å². The Morgan fingerprint density at radius 2 is 2.00 bits per heavy atom. The van der Waals surface area contributed by atoms with E-state index >= 15 is 0 Å². The van der Waals surface area contributed by atoms with Gasteiger partial charge < -0.3 is 14.8 Å². The number of esters is 1. The minimum atomic E-state index is -0.570. The largest absolute Gasteiger partial charge is 0.462 e. The molecule has 24 heavy (non-hydrogen) atoms. The van der Waals surface area contributed by atoms with Crippen LogP contribution in [0.2, 0.25) is 0 Å². The molecule has 0 aliphatic heterocycles. The number of amides is 1. The third kappa shape index (κ3) is 4.70. The average Bonchev–Trinajstić information content (AvgIpc) is 2.81. The molecule has 5 nitrogen and oxygen atoms in total. The molecule has 130 valence electrons. The lowest BCUT2D eigenvalue weighted by atomic mass is 10.1. The van der Waals surface area contributed by atoms with Crippen LogP contribution in [0.25, 0.3) is 10.1 Å². The van der Waals surface area contributed by atoms with Crippen molar-refractivity contribution in [3.63, 3.8) is 0 Å². The first kappa shape index (κ1) is 18.7. The Balaban J connectivity index is 2.30. The van der Waals surface area contributed by atoms with Crippen molar-refractivity contribution in [1.82, 2.24) is 5.32 Å². The fraction of sp³-hybridized carbons (Fsp3) is 0.412. The zero-order valence-electron chi connectivity index (χ0n) is 14.1. The average molecular weight is 414 g/mol. The Kier molecular flexibility index (Phi) is 5.87. The molecule has 1 aromatic heterocycles. The van der Waals surface area contributed by atoms with E-state index in [0.29, 0.717) is 12.2 Å². The van der Waals surface area contributed by atoms with Crippen LogP contribution in [-0.4, -0.2) is 24.3 Å². The fourth-order valence-corrected chi connectivity index (χ4v) is 3.61. The Morgan fingerprint density at radius 3 is 2.62 bits per heavy atom. The van der Waals surface area contributed by atoms with Gasteiger partial charge in [0.25, 0.3) is 0 Å². The molecule has 2 aromatic rings. The van der Waals surface area contributed by atoms with E-state index in [1.165, 1.54) is 11.3 Å². The number of ether oxygens (including phenoxy) is 2. The van der Waals surface area contributed by atoms with Crippen LogP contribution in [0.3, 0.4) is 0 Å². The molecule has 0 saturated carbocycles. The molecular weight excluding hydrogens is 394 g/mol. The summed E-state index contributed by atoms with van der Waals surface area (Å²) in [7, 11) is 0. The van der Waals surface area contributed by atoms with E-state index < -0.39 is 11.7 Å². The van der Waals surface area contributed by atoms with Crippen LogP contribution in [0.5, 0.6) is 0 Å². The highest BCUT2D eigenvalue weighted by atomic mass is 79.9. The van der Waals surface area contributed by atoms with E-state index in [4.69, 9.17) is 9.47 Å². The van der Waals surface area contributed by atoms with Crippen LogP contribution in [0.4, 0.5) is 4.79 Å². The van der Waals surface area contributed by atoms with E-state index in [-0.39, 0.29) is 12.5 Å². The maximum absolute atomic E-state index is 12.4. The van der Waals surface area contributed by atoms with Crippen molar-refractivity contribution in [2.24, 2.45) is 0 Å². The number of fused-ring (bicyclic) bond motifs is 1. The first-order valence-electron chi connectivity index (χ1n) is 7.56. The third-order valence-electron chi connectivity index (χ3n) is 2.99. The summed E-state index contributed by atoms with van der Waals surface area (Å²) in [6.07, 6.45) is -0.518. The SMILES string of the molecule is CCOC(=O)c1c(CNC(=O)OC(C)(C)C)sc2ccc(Br)cc12. The van der Waals surface area contributed by atoms with Gasteiger partial charge in [0, 0.05) is 19.4 Å². The van der Waals surface area contributed by atoms with Crippen molar-refractivity contribution in [3.8, 4) is 0 Å². The van der Waals surface area contributed by atoms with Gasteiger partial charge in [0.15, 0.2) is 0 Å². The molecule has 7 heteroatoms. The summed E-state index contributed by atoms with van der Waals surface area (Å²) in [4.78, 5) is 24.9. The van der Waals surface area contributed by atoms with Crippen molar-refractivity contribution >= 4 is 49.4 Å². The van der Waals surface area contributed by atoms with Gasteiger partial charge in [0.1, 0.15) is 5.60 Å². The van der Waals surface area contributed by atoms with Crippen molar-refractivity contribution in [2.45, 2.75) is 39.8 Å². The summed E-state index contributed by atoms with van der Waals surface area (Å²) < 4.78 is 12.2. The highest BCUT2D eigenvalue weighted by Crippen LogP contribution is 2.34. The molecule has 0 atom stereocenters. The van der Waals surface area contributed by atoms with Gasteiger partial charge >= 0.3 is 12.1 Å². The molecule has 1 N–H and O–H groups in total. The molecule has 2 rings (SSSR count). The number of nitrogens with one attached hydrogen (secondary N) is 1. The Labute approximate surface area is 153 Å². The van der Waals surface area contributed by atoms with E-state index in [9.17, 15) is 9.59 Å². The van der Waals surface area contributed by atoms with Gasteiger partial charge in [-0.05, 0) is 45.9 Å². The summed E-state index contributed by atoms with van der Waals surface area (Å²) in [5.41, 5.74) is -0.0757. The van der Waals surface area contributed by atoms with Crippen LogP contribution < -0.4 is 5.32 Å². The van der Waals surface area contributed by atoms with Gasteiger partial charge in [-0.25, -0.2) is 9.59 Å². The Hall–Kier alpha value is -1.60. The van der Waals surface area contributed by atoms with Gasteiger partial charge in [0.2, 0.25) is 0 Å². The van der Waals surface area contributed by atoms with Gasteiger partial charge in [-0.3, -0.25) is 0 Å². The Bertz CT molecular complexity index is 764. The Morgan fingerprint density at radius 1 is 1.29 bits per heavy atom. The van der Waals surface area contributed by atoms with Crippen molar-refractivity contribution in [2.75, 3.05) is 6.61 Å². The molecule has 1 heterocycles. The van der Waals surface area contributed by atoms with Crippen LogP contribution in [-0.2, 0) is 16.0 Å². The van der Waals surface area contributed by atoms with Gasteiger partial charge in [-0.1, -0.05) is 15.9 Å². The van der Waals surface area contributed by atoms with Gasteiger partial charge in [-0.2, -0.15) is 0 Å². The highest BCUT2D eigenvalue weighted by Gasteiger charge is 2.22. The third-order valence-corrected chi connectivity index (χ3v) is 4.66. The zero-order chi connectivity index (χ0) is 17.9. The highest BCUT2D eigenvalue weighted by molar-refractivity contribution is 9.10. The number of carbonyl (C=O) groups excluding carboxylic acids is 2. The van der Waals surface area contributed by atoms with Gasteiger partial charge in [0.05, 0.1) is 18.7 Å². The predicted octanol–water partition coefficient (Wildman–Crippen LogP) is 4.87. The van der Waals surface area contributed by atoms with Crippen LogP contribution in [0.15, 0.2) is 22.7 Å². The standard InChI is InChI=1S/C17H20BrNO4S/c1-5-22-15(20)14-11-8-10(18)6-7-12(11)24-13(14)9-19-16(21)23-17(2,3)4/h6-8H,5,9H2,1-4H3,(H,19,21). The molecule has 0 bridgehead atoms. The zero-order valence-corrected chi connectivity index (χ0v) is 16.5. The quantitative estimate of drug-likeness (QED) is 0.726. The molecule has 0 aliphatic rings. The molecule has 0 unspecified atom stereocenters. The number of carbonyl (C=O) groups is 2. The second-order valence-corrected chi connectivity index (χ2v) is 8.17. The lowest BCUT2D eigenvalue weighted by Crippen LogP contribution is -2.32. The maximum atomic E-state index is 12.4. The van der Waals surface area contributed by atoms with Crippen molar-refractivity contribution < 1.29 is 19.1 Å². The molecule has 0 radical (unpaired) electrons. The van der Waals surface area contributed by atoms with Crippen LogP contribution in [0, 0.1) is 0 Å². The summed E-state index contributed by atoms with van der Waals surface area (Å²) in [5, 5.41) is 3.51.